The molecule has 0 fully saturated rings. The number of aryl methyl sites for hydroxylation is 1. The second kappa shape index (κ2) is 6.23. The van der Waals surface area contributed by atoms with Crippen molar-refractivity contribution in [2.24, 2.45) is 5.92 Å². The van der Waals surface area contributed by atoms with Gasteiger partial charge in [-0.2, -0.15) is 0 Å². The summed E-state index contributed by atoms with van der Waals surface area (Å²) in [6.07, 6.45) is 2.39. The van der Waals surface area contributed by atoms with Crippen LogP contribution >= 0.6 is 11.3 Å². The van der Waals surface area contributed by atoms with E-state index < -0.39 is 0 Å². The summed E-state index contributed by atoms with van der Waals surface area (Å²) in [5.74, 6) is 0.677. The Bertz CT molecular complexity index is 283. The fourth-order valence-electron chi connectivity index (χ4n) is 1.70. The summed E-state index contributed by atoms with van der Waals surface area (Å²) in [7, 11) is 0. The molecule has 0 aliphatic rings. The number of hydrogen-bond acceptors (Lipinski definition) is 3. The average molecular weight is 226 g/mol. The molecule has 1 heterocycles. The first-order valence-electron chi connectivity index (χ1n) is 5.84. The molecule has 0 aliphatic heterocycles. The maximum absolute atomic E-state index is 4.34. The SMILES string of the molecule is CCCNC(c1scnc1C)C(C)CC. The number of hydrogen-bond donors (Lipinski definition) is 1. The lowest BCUT2D eigenvalue weighted by Gasteiger charge is -2.23. The maximum atomic E-state index is 4.34. The molecule has 0 saturated heterocycles. The third kappa shape index (κ3) is 3.28. The Balaban J connectivity index is 2.76. The van der Waals surface area contributed by atoms with Crippen LogP contribution in [0.25, 0.3) is 0 Å². The summed E-state index contributed by atoms with van der Waals surface area (Å²) in [5.41, 5.74) is 3.14. The largest absolute Gasteiger partial charge is 0.309 e. The van der Waals surface area contributed by atoms with E-state index in [1.54, 1.807) is 11.3 Å². The summed E-state index contributed by atoms with van der Waals surface area (Å²) >= 11 is 1.78. The van der Waals surface area contributed by atoms with Crippen LogP contribution in [0.2, 0.25) is 0 Å². The van der Waals surface area contributed by atoms with E-state index in [1.807, 2.05) is 5.51 Å². The van der Waals surface area contributed by atoms with Crippen LogP contribution in [0, 0.1) is 12.8 Å². The van der Waals surface area contributed by atoms with Crippen molar-refractivity contribution >= 4 is 11.3 Å². The van der Waals surface area contributed by atoms with E-state index in [1.165, 1.54) is 23.4 Å². The number of rotatable bonds is 6. The molecule has 1 aromatic rings. The van der Waals surface area contributed by atoms with E-state index in [0.717, 1.165) is 6.54 Å². The van der Waals surface area contributed by atoms with Gasteiger partial charge in [-0.3, -0.25) is 0 Å². The summed E-state index contributed by atoms with van der Waals surface area (Å²) in [4.78, 5) is 5.76. The maximum Gasteiger partial charge on any atom is 0.0798 e. The van der Waals surface area contributed by atoms with Crippen molar-refractivity contribution in [3.05, 3.63) is 16.1 Å². The molecule has 1 aromatic heterocycles. The zero-order chi connectivity index (χ0) is 11.3. The van der Waals surface area contributed by atoms with Gasteiger partial charge in [0.25, 0.3) is 0 Å². The van der Waals surface area contributed by atoms with Crippen LogP contribution in [0.3, 0.4) is 0 Å². The quantitative estimate of drug-likeness (QED) is 0.802. The average Bonchev–Trinajstić information content (AvgIpc) is 2.65. The molecule has 0 amide bonds. The van der Waals surface area contributed by atoms with E-state index >= 15 is 0 Å². The molecule has 1 rings (SSSR count). The second-order valence-electron chi connectivity index (χ2n) is 4.12. The predicted molar refractivity (Wildman–Crippen MR) is 67.3 cm³/mol. The van der Waals surface area contributed by atoms with Gasteiger partial charge in [0.1, 0.15) is 0 Å². The molecule has 2 unspecified atom stereocenters. The van der Waals surface area contributed by atoms with E-state index in [9.17, 15) is 0 Å². The van der Waals surface area contributed by atoms with E-state index in [4.69, 9.17) is 0 Å². The molecule has 0 aliphatic carbocycles. The summed E-state index contributed by atoms with van der Waals surface area (Å²) < 4.78 is 0. The normalized spacial score (nSPS) is 15.2. The van der Waals surface area contributed by atoms with Gasteiger partial charge in [-0.25, -0.2) is 4.98 Å². The highest BCUT2D eigenvalue weighted by Gasteiger charge is 2.20. The first-order chi connectivity index (χ1) is 7.20. The van der Waals surface area contributed by atoms with E-state index in [2.05, 4.69) is 38.0 Å². The Morgan fingerprint density at radius 1 is 1.47 bits per heavy atom. The zero-order valence-corrected chi connectivity index (χ0v) is 11.0. The van der Waals surface area contributed by atoms with Gasteiger partial charge in [-0.15, -0.1) is 11.3 Å². The first-order valence-corrected chi connectivity index (χ1v) is 6.72. The van der Waals surface area contributed by atoms with Gasteiger partial charge in [0.15, 0.2) is 0 Å². The fourth-order valence-corrected chi connectivity index (χ4v) is 2.71. The van der Waals surface area contributed by atoms with Crippen molar-refractivity contribution < 1.29 is 0 Å². The highest BCUT2D eigenvalue weighted by Crippen LogP contribution is 2.29. The second-order valence-corrected chi connectivity index (χ2v) is 5.01. The minimum Gasteiger partial charge on any atom is -0.309 e. The first kappa shape index (κ1) is 12.7. The molecule has 2 atom stereocenters. The highest BCUT2D eigenvalue weighted by molar-refractivity contribution is 7.09. The van der Waals surface area contributed by atoms with Crippen molar-refractivity contribution in [1.82, 2.24) is 10.3 Å². The van der Waals surface area contributed by atoms with Gasteiger partial charge >= 0.3 is 0 Å². The van der Waals surface area contributed by atoms with Gasteiger partial charge < -0.3 is 5.32 Å². The summed E-state index contributed by atoms with van der Waals surface area (Å²) in [6, 6.07) is 0.488. The van der Waals surface area contributed by atoms with Crippen molar-refractivity contribution in [3.63, 3.8) is 0 Å². The van der Waals surface area contributed by atoms with Crippen molar-refractivity contribution in [3.8, 4) is 0 Å². The van der Waals surface area contributed by atoms with Crippen LogP contribution in [-0.4, -0.2) is 11.5 Å². The monoisotopic (exact) mass is 226 g/mol. The molecule has 86 valence electrons. The number of nitrogens with zero attached hydrogens (tertiary/aromatic N) is 1. The van der Waals surface area contributed by atoms with Gasteiger partial charge in [0.05, 0.1) is 11.2 Å². The Labute approximate surface area is 97.1 Å². The minimum absolute atomic E-state index is 0.488. The Hall–Kier alpha value is -0.410. The lowest BCUT2D eigenvalue weighted by Crippen LogP contribution is -2.27. The van der Waals surface area contributed by atoms with E-state index in [0.29, 0.717) is 12.0 Å². The topological polar surface area (TPSA) is 24.9 Å². The smallest absolute Gasteiger partial charge is 0.0798 e. The van der Waals surface area contributed by atoms with Crippen LogP contribution in [0.5, 0.6) is 0 Å². The molecular weight excluding hydrogens is 204 g/mol. The number of nitrogens with one attached hydrogen (secondary N) is 1. The lowest BCUT2D eigenvalue weighted by molar-refractivity contribution is 0.380. The van der Waals surface area contributed by atoms with E-state index in [-0.39, 0.29) is 0 Å². The molecule has 15 heavy (non-hydrogen) atoms. The third-order valence-corrected chi connectivity index (χ3v) is 3.91. The van der Waals surface area contributed by atoms with Crippen LogP contribution in [0.1, 0.15) is 50.2 Å². The van der Waals surface area contributed by atoms with Gasteiger partial charge in [-0.05, 0) is 25.8 Å². The molecular formula is C12H22N2S. The lowest BCUT2D eigenvalue weighted by atomic mass is 9.97. The standard InChI is InChI=1S/C12H22N2S/c1-5-7-13-11(9(3)6-2)12-10(4)14-8-15-12/h8-9,11,13H,5-7H2,1-4H3. The Morgan fingerprint density at radius 2 is 2.20 bits per heavy atom. The van der Waals surface area contributed by atoms with Crippen LogP contribution in [0.15, 0.2) is 5.51 Å². The molecule has 2 nitrogen and oxygen atoms in total. The summed E-state index contributed by atoms with van der Waals surface area (Å²) in [6.45, 7) is 9.97. The van der Waals surface area contributed by atoms with Crippen molar-refractivity contribution in [2.75, 3.05) is 6.54 Å². The van der Waals surface area contributed by atoms with Gasteiger partial charge in [-0.1, -0.05) is 27.2 Å². The molecule has 0 radical (unpaired) electrons. The minimum atomic E-state index is 0.488. The highest BCUT2D eigenvalue weighted by atomic mass is 32.1. The Kier molecular flexibility index (Phi) is 5.26. The third-order valence-electron chi connectivity index (χ3n) is 2.89. The molecule has 0 saturated carbocycles. The van der Waals surface area contributed by atoms with Gasteiger partial charge in [0.2, 0.25) is 0 Å². The van der Waals surface area contributed by atoms with Crippen LogP contribution < -0.4 is 5.32 Å². The van der Waals surface area contributed by atoms with Gasteiger partial charge in [0, 0.05) is 10.9 Å². The molecule has 3 heteroatoms. The molecule has 1 N–H and O–H groups in total. The number of thiazole rings is 1. The zero-order valence-electron chi connectivity index (χ0n) is 10.2. The Morgan fingerprint density at radius 3 is 2.67 bits per heavy atom. The fraction of sp³-hybridized carbons (Fsp3) is 0.750. The molecule has 0 spiro atoms. The summed E-state index contributed by atoms with van der Waals surface area (Å²) in [5, 5.41) is 3.63. The van der Waals surface area contributed by atoms with Crippen molar-refractivity contribution in [1.29, 1.82) is 0 Å². The predicted octanol–water partition coefficient (Wildman–Crippen LogP) is 3.54. The van der Waals surface area contributed by atoms with Crippen LogP contribution in [-0.2, 0) is 0 Å². The molecule has 0 bridgehead atoms. The molecule has 0 aromatic carbocycles. The van der Waals surface area contributed by atoms with Crippen LogP contribution in [0.4, 0.5) is 0 Å². The number of aromatic nitrogens is 1. The van der Waals surface area contributed by atoms with Crippen molar-refractivity contribution in [2.45, 2.75) is 46.6 Å².